The monoisotopic (exact) mass is 369 g/mol. The number of nitrogens with zero attached hydrogens (tertiary/aromatic N) is 3. The predicted octanol–water partition coefficient (Wildman–Crippen LogP) is 2.39. The van der Waals surface area contributed by atoms with Crippen LogP contribution in [-0.2, 0) is 9.59 Å². The largest absolute Gasteiger partial charge is 0.497 e. The van der Waals surface area contributed by atoms with Gasteiger partial charge in [0.1, 0.15) is 11.3 Å². The van der Waals surface area contributed by atoms with Crippen molar-refractivity contribution in [3.63, 3.8) is 0 Å². The first-order valence-electron chi connectivity index (χ1n) is 7.99. The van der Waals surface area contributed by atoms with E-state index in [9.17, 15) is 9.59 Å². The lowest BCUT2D eigenvalue weighted by molar-refractivity contribution is -0.132. The number of methoxy groups -OCH3 is 1. The Balaban J connectivity index is 2.08. The molecular formula is C19H19N3O3S. The van der Waals surface area contributed by atoms with Crippen LogP contribution in [0.5, 0.6) is 5.75 Å². The van der Waals surface area contributed by atoms with Gasteiger partial charge in [-0.05, 0) is 61.6 Å². The number of hydrogen-bond acceptors (Lipinski definition) is 4. The standard InChI is InChI=1S/C19H19N3O3S/c1-12-5-6-14(22(12)13-7-9-15(25-4)10-8-13)11-16-17(23)20(2)19(26)21(3)18(16)24/h5-11H,1-4H3. The maximum Gasteiger partial charge on any atom is 0.265 e. The van der Waals surface area contributed by atoms with Crippen molar-refractivity contribution >= 4 is 35.2 Å². The topological polar surface area (TPSA) is 54.8 Å². The first-order chi connectivity index (χ1) is 12.3. The molecule has 1 aromatic heterocycles. The van der Waals surface area contributed by atoms with E-state index in [1.54, 1.807) is 27.3 Å². The summed E-state index contributed by atoms with van der Waals surface area (Å²) in [7, 11) is 4.74. The van der Waals surface area contributed by atoms with Gasteiger partial charge >= 0.3 is 0 Å². The molecule has 0 saturated carbocycles. The maximum absolute atomic E-state index is 12.5. The van der Waals surface area contributed by atoms with Crippen molar-refractivity contribution in [1.82, 2.24) is 14.4 Å². The Bertz CT molecular complexity index is 902. The lowest BCUT2D eigenvalue weighted by Crippen LogP contribution is -2.52. The SMILES string of the molecule is COc1ccc(-n2c(C)ccc2C=C2C(=O)N(C)C(=S)N(C)C2=O)cc1. The van der Waals surface area contributed by atoms with Crippen molar-refractivity contribution in [3.8, 4) is 11.4 Å². The second kappa shape index (κ2) is 6.76. The zero-order chi connectivity index (χ0) is 19.0. The number of carbonyl (C=O) groups is 2. The quantitative estimate of drug-likeness (QED) is 0.474. The van der Waals surface area contributed by atoms with Gasteiger partial charge in [0.05, 0.1) is 7.11 Å². The van der Waals surface area contributed by atoms with E-state index < -0.39 is 11.8 Å². The van der Waals surface area contributed by atoms with Gasteiger partial charge in [-0.1, -0.05) is 0 Å². The molecule has 0 atom stereocenters. The number of amides is 2. The Morgan fingerprint density at radius 1 is 0.962 bits per heavy atom. The highest BCUT2D eigenvalue weighted by atomic mass is 32.1. The molecule has 26 heavy (non-hydrogen) atoms. The molecule has 134 valence electrons. The second-order valence-electron chi connectivity index (χ2n) is 6.00. The van der Waals surface area contributed by atoms with Crippen LogP contribution in [0.2, 0.25) is 0 Å². The van der Waals surface area contributed by atoms with Gasteiger partial charge in [-0.3, -0.25) is 19.4 Å². The summed E-state index contributed by atoms with van der Waals surface area (Å²) in [6, 6.07) is 11.4. The molecular weight excluding hydrogens is 350 g/mol. The van der Waals surface area contributed by atoms with Gasteiger partial charge in [0.25, 0.3) is 11.8 Å². The molecule has 2 amide bonds. The molecule has 0 radical (unpaired) electrons. The Hall–Kier alpha value is -2.93. The number of aromatic nitrogens is 1. The fourth-order valence-electron chi connectivity index (χ4n) is 2.88. The lowest BCUT2D eigenvalue weighted by atomic mass is 10.1. The number of thiocarbonyl (C=S) groups is 1. The Morgan fingerprint density at radius 3 is 2.08 bits per heavy atom. The average molecular weight is 369 g/mol. The van der Waals surface area contributed by atoms with E-state index in [2.05, 4.69) is 0 Å². The van der Waals surface area contributed by atoms with E-state index in [0.29, 0.717) is 0 Å². The van der Waals surface area contributed by atoms with Crippen LogP contribution in [0.1, 0.15) is 11.4 Å². The van der Waals surface area contributed by atoms with Gasteiger partial charge < -0.3 is 9.30 Å². The molecule has 7 heteroatoms. The Labute approximate surface area is 157 Å². The van der Waals surface area contributed by atoms with E-state index in [-0.39, 0.29) is 10.7 Å². The molecule has 2 aromatic rings. The van der Waals surface area contributed by atoms with E-state index in [1.807, 2.05) is 47.9 Å². The van der Waals surface area contributed by atoms with Crippen LogP contribution in [0.3, 0.4) is 0 Å². The van der Waals surface area contributed by atoms with Gasteiger partial charge in [-0.25, -0.2) is 0 Å². The molecule has 1 aliphatic rings. The Kier molecular flexibility index (Phi) is 4.65. The van der Waals surface area contributed by atoms with Gasteiger partial charge in [-0.2, -0.15) is 0 Å². The van der Waals surface area contributed by atoms with Crippen molar-refractivity contribution in [3.05, 3.63) is 53.4 Å². The highest BCUT2D eigenvalue weighted by Crippen LogP contribution is 2.24. The van der Waals surface area contributed by atoms with Crippen molar-refractivity contribution in [2.75, 3.05) is 21.2 Å². The molecule has 0 N–H and O–H groups in total. The maximum atomic E-state index is 12.5. The number of ether oxygens (including phenoxy) is 1. The molecule has 3 rings (SSSR count). The summed E-state index contributed by atoms with van der Waals surface area (Å²) in [5, 5.41) is 0.193. The zero-order valence-corrected chi connectivity index (χ0v) is 15.8. The third-order valence-electron chi connectivity index (χ3n) is 4.37. The minimum absolute atomic E-state index is 0.0801. The molecule has 0 unspecified atom stereocenters. The fourth-order valence-corrected chi connectivity index (χ4v) is 3.04. The van der Waals surface area contributed by atoms with Crippen molar-refractivity contribution in [2.24, 2.45) is 0 Å². The Morgan fingerprint density at radius 2 is 1.54 bits per heavy atom. The van der Waals surface area contributed by atoms with Crippen molar-refractivity contribution in [2.45, 2.75) is 6.92 Å². The number of likely N-dealkylation sites (N-methyl/N-ethyl adjacent to an activating group) is 2. The summed E-state index contributed by atoms with van der Waals surface area (Å²) < 4.78 is 7.17. The summed E-state index contributed by atoms with van der Waals surface area (Å²) in [6.07, 6.45) is 1.61. The molecule has 0 bridgehead atoms. The van der Waals surface area contributed by atoms with Crippen LogP contribution in [-0.4, -0.2) is 52.5 Å². The summed E-state index contributed by atoms with van der Waals surface area (Å²) >= 11 is 5.12. The van der Waals surface area contributed by atoms with Crippen molar-refractivity contribution < 1.29 is 14.3 Å². The summed E-state index contributed by atoms with van der Waals surface area (Å²) in [4.78, 5) is 27.7. The third-order valence-corrected chi connectivity index (χ3v) is 4.92. The van der Waals surface area contributed by atoms with Gasteiger partial charge in [0.15, 0.2) is 5.11 Å². The number of rotatable bonds is 3. The molecule has 6 nitrogen and oxygen atoms in total. The second-order valence-corrected chi connectivity index (χ2v) is 6.37. The van der Waals surface area contributed by atoms with Crippen LogP contribution in [0, 0.1) is 6.92 Å². The minimum atomic E-state index is -0.404. The minimum Gasteiger partial charge on any atom is -0.497 e. The molecule has 2 heterocycles. The molecule has 1 aromatic carbocycles. The molecule has 0 spiro atoms. The van der Waals surface area contributed by atoms with Gasteiger partial charge in [0, 0.05) is 31.2 Å². The summed E-state index contributed by atoms with van der Waals surface area (Å²) in [6.45, 7) is 1.96. The highest BCUT2D eigenvalue weighted by molar-refractivity contribution is 7.80. The molecule has 1 saturated heterocycles. The lowest BCUT2D eigenvalue weighted by Gasteiger charge is -2.31. The predicted molar refractivity (Wildman–Crippen MR) is 103 cm³/mol. The number of benzene rings is 1. The van der Waals surface area contributed by atoms with Crippen LogP contribution < -0.4 is 4.74 Å². The van der Waals surface area contributed by atoms with Crippen LogP contribution in [0.15, 0.2) is 42.0 Å². The first-order valence-corrected chi connectivity index (χ1v) is 8.40. The third kappa shape index (κ3) is 2.90. The number of carbonyl (C=O) groups excluding carboxylic acids is 2. The van der Waals surface area contributed by atoms with Gasteiger partial charge in [-0.15, -0.1) is 0 Å². The van der Waals surface area contributed by atoms with E-state index in [1.165, 1.54) is 9.80 Å². The van der Waals surface area contributed by atoms with Crippen molar-refractivity contribution in [1.29, 1.82) is 0 Å². The molecule has 1 aliphatic heterocycles. The van der Waals surface area contributed by atoms with Crippen LogP contribution in [0.25, 0.3) is 11.8 Å². The van der Waals surface area contributed by atoms with E-state index in [4.69, 9.17) is 17.0 Å². The van der Waals surface area contributed by atoms with Crippen LogP contribution >= 0.6 is 12.2 Å². The normalized spacial score (nSPS) is 14.9. The molecule has 1 fully saturated rings. The number of hydrogen-bond donors (Lipinski definition) is 0. The number of aryl methyl sites for hydroxylation is 1. The zero-order valence-electron chi connectivity index (χ0n) is 15.0. The first kappa shape index (κ1) is 17.9. The van der Waals surface area contributed by atoms with E-state index >= 15 is 0 Å². The smallest absolute Gasteiger partial charge is 0.265 e. The molecule has 0 aliphatic carbocycles. The summed E-state index contributed by atoms with van der Waals surface area (Å²) in [5.74, 6) is -0.0515. The highest BCUT2D eigenvalue weighted by Gasteiger charge is 2.35. The van der Waals surface area contributed by atoms with Gasteiger partial charge in [0.2, 0.25) is 0 Å². The summed E-state index contributed by atoms with van der Waals surface area (Å²) in [5.41, 5.74) is 2.71. The average Bonchev–Trinajstić information content (AvgIpc) is 3.02. The van der Waals surface area contributed by atoms with Crippen LogP contribution in [0.4, 0.5) is 0 Å². The van der Waals surface area contributed by atoms with E-state index in [0.717, 1.165) is 22.8 Å². The fraction of sp³-hybridized carbons (Fsp3) is 0.211.